The summed E-state index contributed by atoms with van der Waals surface area (Å²) in [5, 5.41) is 13.1. The summed E-state index contributed by atoms with van der Waals surface area (Å²) >= 11 is 5.86. The number of sulfonamides is 1. The van der Waals surface area contributed by atoms with Gasteiger partial charge in [-0.25, -0.2) is 12.8 Å². The lowest BCUT2D eigenvalue weighted by molar-refractivity contribution is -0.384. The van der Waals surface area contributed by atoms with E-state index in [0.29, 0.717) is 0 Å². The van der Waals surface area contributed by atoms with E-state index in [4.69, 9.17) is 21.1 Å². The van der Waals surface area contributed by atoms with E-state index in [0.717, 1.165) is 28.6 Å². The number of nitrogens with zero attached hydrogens (tertiary/aromatic N) is 2. The van der Waals surface area contributed by atoms with Crippen LogP contribution in [0, 0.1) is 15.9 Å². The Morgan fingerprint density at radius 1 is 1.09 bits per heavy atom. The molecule has 1 N–H and O–H groups in total. The molecule has 0 heterocycles. The quantitative estimate of drug-likeness (QED) is 0.328. The van der Waals surface area contributed by atoms with Crippen LogP contribution >= 0.6 is 11.6 Å². The average molecular weight is 524 g/mol. The fourth-order valence-electron chi connectivity index (χ4n) is 3.09. The van der Waals surface area contributed by atoms with Crippen LogP contribution in [0.4, 0.5) is 21.5 Å². The highest BCUT2D eigenvalue weighted by atomic mass is 35.5. The number of nitrogens with one attached hydrogen (secondary N) is 1. The minimum atomic E-state index is -4.40. The highest BCUT2D eigenvalue weighted by Gasteiger charge is 2.29. The third-order valence-corrected chi connectivity index (χ3v) is 6.82. The van der Waals surface area contributed by atoms with Crippen LogP contribution in [0.25, 0.3) is 0 Å². The number of methoxy groups -OCH3 is 2. The molecular weight excluding hydrogens is 505 g/mol. The van der Waals surface area contributed by atoms with E-state index in [2.05, 4.69) is 5.32 Å². The lowest BCUT2D eigenvalue weighted by Gasteiger charge is -2.24. The van der Waals surface area contributed by atoms with Crippen LogP contribution < -0.4 is 19.1 Å². The third-order valence-electron chi connectivity index (χ3n) is 4.76. The fourth-order valence-corrected chi connectivity index (χ4v) is 4.69. The predicted molar refractivity (Wildman–Crippen MR) is 127 cm³/mol. The second-order valence-electron chi connectivity index (χ2n) is 6.98. The summed E-state index contributed by atoms with van der Waals surface area (Å²) in [6, 6.07) is 12.2. The molecule has 0 unspecified atom stereocenters. The van der Waals surface area contributed by atoms with Gasteiger partial charge in [0.25, 0.3) is 15.7 Å². The first-order valence-electron chi connectivity index (χ1n) is 9.81. The van der Waals surface area contributed by atoms with Gasteiger partial charge in [-0.2, -0.15) is 0 Å². The van der Waals surface area contributed by atoms with Crippen LogP contribution in [0.5, 0.6) is 11.5 Å². The number of nitro benzene ring substituents is 1. The molecule has 1 amide bonds. The number of rotatable bonds is 9. The second-order valence-corrected chi connectivity index (χ2v) is 9.25. The van der Waals surface area contributed by atoms with Gasteiger partial charge >= 0.3 is 0 Å². The molecule has 0 radical (unpaired) electrons. The van der Waals surface area contributed by atoms with Gasteiger partial charge in [0, 0.05) is 23.9 Å². The van der Waals surface area contributed by atoms with Crippen LogP contribution in [0.3, 0.4) is 0 Å². The first-order chi connectivity index (χ1) is 16.6. The van der Waals surface area contributed by atoms with Crippen LogP contribution in [-0.4, -0.2) is 40.0 Å². The lowest BCUT2D eigenvalue weighted by Crippen LogP contribution is -2.38. The molecule has 0 bridgehead atoms. The van der Waals surface area contributed by atoms with E-state index in [1.807, 2.05) is 0 Å². The van der Waals surface area contributed by atoms with E-state index < -0.39 is 33.2 Å². The molecule has 3 rings (SSSR count). The topological polar surface area (TPSA) is 128 Å². The Balaban J connectivity index is 2.01. The summed E-state index contributed by atoms with van der Waals surface area (Å²) in [5.41, 5.74) is -0.256. The number of amides is 1. The maximum Gasteiger partial charge on any atom is 0.271 e. The SMILES string of the molecule is COc1ccc(S(=O)(=O)N(CC(=O)Nc2cccc([N+](=O)[O-])c2)c2ccc(F)c(Cl)c2)cc1OC. The van der Waals surface area contributed by atoms with Gasteiger partial charge in [0.2, 0.25) is 5.91 Å². The first-order valence-corrected chi connectivity index (χ1v) is 11.6. The van der Waals surface area contributed by atoms with E-state index in [9.17, 15) is 27.7 Å². The Bertz CT molecular complexity index is 1390. The van der Waals surface area contributed by atoms with Gasteiger partial charge in [-0.15, -0.1) is 0 Å². The molecule has 0 saturated heterocycles. The molecule has 0 saturated carbocycles. The van der Waals surface area contributed by atoms with Gasteiger partial charge in [-0.05, 0) is 36.4 Å². The summed E-state index contributed by atoms with van der Waals surface area (Å²) in [6.07, 6.45) is 0. The van der Waals surface area contributed by atoms with Crippen LogP contribution in [0.2, 0.25) is 5.02 Å². The van der Waals surface area contributed by atoms with E-state index in [1.54, 1.807) is 0 Å². The van der Waals surface area contributed by atoms with Crippen LogP contribution in [0.1, 0.15) is 0 Å². The van der Waals surface area contributed by atoms with Gasteiger partial charge < -0.3 is 14.8 Å². The van der Waals surface area contributed by atoms with Crippen LogP contribution in [0.15, 0.2) is 65.6 Å². The molecule has 10 nitrogen and oxygen atoms in total. The summed E-state index contributed by atoms with van der Waals surface area (Å²) in [6.45, 7) is -0.749. The standard InChI is InChI=1S/C22H19ClFN3O7S/c1-33-20-9-7-17(12-21(20)34-2)35(31,32)26(15-6-8-19(24)18(23)11-15)13-22(28)25-14-4-3-5-16(10-14)27(29)30/h3-12H,13H2,1-2H3,(H,25,28). The van der Waals surface area contributed by atoms with Crippen molar-refractivity contribution in [3.05, 3.63) is 81.6 Å². The fraction of sp³-hybridized carbons (Fsp3) is 0.136. The summed E-state index contributed by atoms with van der Waals surface area (Å²) in [7, 11) is -1.69. The minimum absolute atomic E-state index is 0.0830. The zero-order chi connectivity index (χ0) is 25.8. The van der Waals surface area contributed by atoms with E-state index in [-0.39, 0.29) is 38.5 Å². The Kier molecular flexibility index (Phi) is 7.77. The molecule has 35 heavy (non-hydrogen) atoms. The van der Waals surface area contributed by atoms with Crippen molar-refractivity contribution in [1.82, 2.24) is 0 Å². The van der Waals surface area contributed by atoms with Crippen molar-refractivity contribution >= 4 is 44.6 Å². The van der Waals surface area contributed by atoms with Gasteiger partial charge in [-0.1, -0.05) is 17.7 Å². The molecule has 3 aromatic carbocycles. The lowest BCUT2D eigenvalue weighted by atomic mass is 10.2. The van der Waals surface area contributed by atoms with E-state index >= 15 is 0 Å². The van der Waals surface area contributed by atoms with Crippen molar-refractivity contribution in [2.45, 2.75) is 4.90 Å². The molecule has 3 aromatic rings. The molecule has 0 aromatic heterocycles. The Hall–Kier alpha value is -3.90. The molecule has 0 atom stereocenters. The number of carbonyl (C=O) groups excluding carboxylic acids is 1. The molecule has 0 aliphatic rings. The van der Waals surface area contributed by atoms with Gasteiger partial charge in [0.05, 0.1) is 34.7 Å². The smallest absolute Gasteiger partial charge is 0.271 e. The first kappa shape index (κ1) is 25.7. The molecule has 184 valence electrons. The largest absolute Gasteiger partial charge is 0.493 e. The highest BCUT2D eigenvalue weighted by molar-refractivity contribution is 7.92. The van der Waals surface area contributed by atoms with Crippen molar-refractivity contribution in [2.24, 2.45) is 0 Å². The molecule has 0 spiro atoms. The second kappa shape index (κ2) is 10.6. The van der Waals surface area contributed by atoms with Crippen molar-refractivity contribution in [3.63, 3.8) is 0 Å². The number of carbonyl (C=O) groups is 1. The monoisotopic (exact) mass is 523 g/mol. The van der Waals surface area contributed by atoms with Gasteiger partial charge in [0.15, 0.2) is 11.5 Å². The van der Waals surface area contributed by atoms with E-state index in [1.165, 1.54) is 50.6 Å². The zero-order valence-electron chi connectivity index (χ0n) is 18.4. The van der Waals surface area contributed by atoms with Crippen LogP contribution in [-0.2, 0) is 14.8 Å². The van der Waals surface area contributed by atoms with Crippen molar-refractivity contribution in [3.8, 4) is 11.5 Å². The molecule has 0 aliphatic carbocycles. The zero-order valence-corrected chi connectivity index (χ0v) is 20.0. The normalized spacial score (nSPS) is 11.0. The number of nitro groups is 1. The van der Waals surface area contributed by atoms with Gasteiger partial charge in [-0.3, -0.25) is 19.2 Å². The number of non-ortho nitro benzene ring substituents is 1. The average Bonchev–Trinajstić information content (AvgIpc) is 2.83. The Morgan fingerprint density at radius 3 is 2.43 bits per heavy atom. The maximum absolute atomic E-state index is 13.8. The summed E-state index contributed by atoms with van der Waals surface area (Å²) in [5.74, 6) is -1.17. The molecule has 13 heteroatoms. The Morgan fingerprint density at radius 2 is 1.80 bits per heavy atom. The summed E-state index contributed by atoms with van der Waals surface area (Å²) < 4.78 is 51.9. The molecular formula is C22H19ClFN3O7S. The van der Waals surface area contributed by atoms with Crippen molar-refractivity contribution in [1.29, 1.82) is 0 Å². The van der Waals surface area contributed by atoms with Crippen molar-refractivity contribution < 1.29 is 32.0 Å². The van der Waals surface area contributed by atoms with Gasteiger partial charge in [0.1, 0.15) is 12.4 Å². The number of hydrogen-bond donors (Lipinski definition) is 1. The summed E-state index contributed by atoms with van der Waals surface area (Å²) in [4.78, 5) is 22.9. The Labute approximate surface area is 205 Å². The maximum atomic E-state index is 13.8. The number of hydrogen-bond acceptors (Lipinski definition) is 7. The third kappa shape index (κ3) is 5.78. The molecule has 0 fully saturated rings. The number of ether oxygens (including phenoxy) is 2. The number of benzene rings is 3. The number of anilines is 2. The minimum Gasteiger partial charge on any atom is -0.493 e. The predicted octanol–water partition coefficient (Wildman–Crippen LogP) is 4.24. The molecule has 0 aliphatic heterocycles. The number of halogens is 2. The van der Waals surface area contributed by atoms with Crippen molar-refractivity contribution in [2.75, 3.05) is 30.4 Å². The highest BCUT2D eigenvalue weighted by Crippen LogP contribution is 2.33.